The third kappa shape index (κ3) is 4.70. The van der Waals surface area contributed by atoms with Gasteiger partial charge >= 0.3 is 0 Å². The second kappa shape index (κ2) is 6.27. The van der Waals surface area contributed by atoms with Crippen LogP contribution in [0.5, 0.6) is 0 Å². The lowest BCUT2D eigenvalue weighted by Crippen LogP contribution is -2.33. The number of hydrogen-bond donors (Lipinski definition) is 0. The number of hydrogen-bond acceptors (Lipinski definition) is 3. The lowest BCUT2D eigenvalue weighted by molar-refractivity contribution is -0.132. The maximum atomic E-state index is 12.4. The van der Waals surface area contributed by atoms with E-state index in [1.54, 1.807) is 0 Å². The molecule has 1 amide bonds. The second-order valence-electron chi connectivity index (χ2n) is 7.85. The van der Waals surface area contributed by atoms with Gasteiger partial charge in [0.2, 0.25) is 5.91 Å². The van der Waals surface area contributed by atoms with Crippen LogP contribution in [0, 0.1) is 17.3 Å². The van der Waals surface area contributed by atoms with Gasteiger partial charge in [0.25, 0.3) is 0 Å². The first-order valence-electron chi connectivity index (χ1n) is 8.15. The molecule has 0 aliphatic carbocycles. The highest BCUT2D eigenvalue weighted by molar-refractivity contribution is 7.91. The molecule has 5 heteroatoms. The number of likely N-dealkylation sites (tertiary alicyclic amines) is 1. The largest absolute Gasteiger partial charge is 0.343 e. The molecule has 0 N–H and O–H groups in total. The molecule has 0 bridgehead atoms. The summed E-state index contributed by atoms with van der Waals surface area (Å²) in [5.41, 5.74) is 0.304. The smallest absolute Gasteiger partial charge is 0.222 e. The molecule has 0 aromatic carbocycles. The standard InChI is InChI=1S/C16H29NO3S/c1-16(2,3)14-5-4-8-17(9-6-14)15(18)11-13-7-10-21(19,20)12-13/h13-14H,4-12H2,1-3H3. The van der Waals surface area contributed by atoms with Gasteiger partial charge in [-0.1, -0.05) is 20.8 Å². The SMILES string of the molecule is CC(C)(C)C1CCCN(C(=O)CC2CCS(=O)(=O)C2)CC1. The summed E-state index contributed by atoms with van der Waals surface area (Å²) < 4.78 is 23.0. The van der Waals surface area contributed by atoms with Gasteiger partial charge in [0, 0.05) is 19.5 Å². The van der Waals surface area contributed by atoms with E-state index in [0.29, 0.717) is 24.2 Å². The van der Waals surface area contributed by atoms with E-state index in [1.807, 2.05) is 4.90 Å². The number of carbonyl (C=O) groups is 1. The fraction of sp³-hybridized carbons (Fsp3) is 0.938. The monoisotopic (exact) mass is 315 g/mol. The highest BCUT2D eigenvalue weighted by atomic mass is 32.2. The lowest BCUT2D eigenvalue weighted by atomic mass is 9.77. The Hall–Kier alpha value is -0.580. The van der Waals surface area contributed by atoms with E-state index in [2.05, 4.69) is 20.8 Å². The van der Waals surface area contributed by atoms with Gasteiger partial charge in [-0.25, -0.2) is 8.42 Å². The van der Waals surface area contributed by atoms with Crippen molar-refractivity contribution >= 4 is 15.7 Å². The fourth-order valence-corrected chi connectivity index (χ4v) is 5.48. The predicted molar refractivity (Wildman–Crippen MR) is 84.8 cm³/mol. The summed E-state index contributed by atoms with van der Waals surface area (Å²) in [7, 11) is -2.88. The predicted octanol–water partition coefficient (Wildman–Crippen LogP) is 2.49. The zero-order valence-electron chi connectivity index (χ0n) is 13.6. The third-order valence-electron chi connectivity index (χ3n) is 5.10. The van der Waals surface area contributed by atoms with Gasteiger partial charge in [-0.2, -0.15) is 0 Å². The van der Waals surface area contributed by atoms with E-state index in [1.165, 1.54) is 6.42 Å². The molecule has 0 aromatic rings. The molecule has 4 nitrogen and oxygen atoms in total. The minimum absolute atomic E-state index is 0.0455. The van der Waals surface area contributed by atoms with E-state index in [0.717, 1.165) is 25.9 Å². The van der Waals surface area contributed by atoms with Gasteiger partial charge in [0.05, 0.1) is 11.5 Å². The normalized spacial score (nSPS) is 30.1. The van der Waals surface area contributed by atoms with Crippen molar-refractivity contribution in [2.45, 2.75) is 52.9 Å². The van der Waals surface area contributed by atoms with E-state index in [4.69, 9.17) is 0 Å². The van der Waals surface area contributed by atoms with E-state index in [-0.39, 0.29) is 23.3 Å². The summed E-state index contributed by atoms with van der Waals surface area (Å²) in [6.45, 7) is 8.50. The summed E-state index contributed by atoms with van der Waals surface area (Å²) in [6.07, 6.45) is 4.39. The van der Waals surface area contributed by atoms with Crippen LogP contribution in [0.2, 0.25) is 0 Å². The minimum Gasteiger partial charge on any atom is -0.343 e. The van der Waals surface area contributed by atoms with Gasteiger partial charge in [0.15, 0.2) is 9.84 Å². The van der Waals surface area contributed by atoms with Crippen LogP contribution < -0.4 is 0 Å². The van der Waals surface area contributed by atoms with Crippen molar-refractivity contribution in [2.75, 3.05) is 24.6 Å². The topological polar surface area (TPSA) is 54.5 Å². The van der Waals surface area contributed by atoms with E-state index < -0.39 is 9.84 Å². The molecule has 2 saturated heterocycles. The van der Waals surface area contributed by atoms with Crippen LogP contribution in [0.1, 0.15) is 52.9 Å². The number of sulfone groups is 1. The molecule has 2 fully saturated rings. The van der Waals surface area contributed by atoms with Crippen LogP contribution in [0.15, 0.2) is 0 Å². The van der Waals surface area contributed by atoms with Crippen LogP contribution in [-0.2, 0) is 14.6 Å². The van der Waals surface area contributed by atoms with Crippen molar-refractivity contribution in [3.63, 3.8) is 0 Å². The summed E-state index contributed by atoms with van der Waals surface area (Å²) in [4.78, 5) is 14.4. The highest BCUT2D eigenvalue weighted by Crippen LogP contribution is 2.34. The molecule has 2 aliphatic heterocycles. The summed E-state index contributed by atoms with van der Waals surface area (Å²) in [5, 5.41) is 0. The van der Waals surface area contributed by atoms with Crippen LogP contribution >= 0.6 is 0 Å². The Morgan fingerprint density at radius 3 is 2.43 bits per heavy atom. The van der Waals surface area contributed by atoms with Gasteiger partial charge in [-0.05, 0) is 42.9 Å². The van der Waals surface area contributed by atoms with Crippen molar-refractivity contribution in [1.29, 1.82) is 0 Å². The maximum Gasteiger partial charge on any atom is 0.222 e. The Balaban J connectivity index is 1.86. The Morgan fingerprint density at radius 2 is 1.86 bits per heavy atom. The number of rotatable bonds is 2. The maximum absolute atomic E-state index is 12.4. The lowest BCUT2D eigenvalue weighted by Gasteiger charge is -2.29. The molecule has 2 heterocycles. The van der Waals surface area contributed by atoms with Gasteiger partial charge < -0.3 is 4.90 Å². The molecule has 2 aliphatic rings. The molecule has 2 rings (SSSR count). The van der Waals surface area contributed by atoms with Crippen molar-refractivity contribution < 1.29 is 13.2 Å². The molecule has 0 spiro atoms. The van der Waals surface area contributed by atoms with Crippen molar-refractivity contribution in [3.05, 3.63) is 0 Å². The van der Waals surface area contributed by atoms with Gasteiger partial charge in [-0.3, -0.25) is 4.79 Å². The Kier molecular flexibility index (Phi) is 5.01. The average molecular weight is 315 g/mol. The summed E-state index contributed by atoms with van der Waals surface area (Å²) >= 11 is 0. The zero-order chi connectivity index (χ0) is 15.7. The van der Waals surface area contributed by atoms with Crippen molar-refractivity contribution in [3.8, 4) is 0 Å². The molecule has 0 saturated carbocycles. The van der Waals surface area contributed by atoms with Gasteiger partial charge in [0.1, 0.15) is 0 Å². The zero-order valence-corrected chi connectivity index (χ0v) is 14.4. The Morgan fingerprint density at radius 1 is 1.14 bits per heavy atom. The quantitative estimate of drug-likeness (QED) is 0.786. The van der Waals surface area contributed by atoms with Crippen LogP contribution in [0.4, 0.5) is 0 Å². The number of carbonyl (C=O) groups excluding carboxylic acids is 1. The molecule has 2 unspecified atom stereocenters. The summed E-state index contributed by atoms with van der Waals surface area (Å²) in [6, 6.07) is 0. The Bertz CT molecular complexity index is 478. The second-order valence-corrected chi connectivity index (χ2v) is 10.1. The first kappa shape index (κ1) is 16.8. The number of amides is 1. The van der Waals surface area contributed by atoms with Crippen LogP contribution in [0.25, 0.3) is 0 Å². The van der Waals surface area contributed by atoms with Crippen molar-refractivity contribution in [1.82, 2.24) is 4.90 Å². The minimum atomic E-state index is -2.88. The van der Waals surface area contributed by atoms with Gasteiger partial charge in [-0.15, -0.1) is 0 Å². The molecule has 21 heavy (non-hydrogen) atoms. The molecule has 2 atom stereocenters. The molecule has 0 aromatic heterocycles. The molecular formula is C16H29NO3S. The molecule has 122 valence electrons. The fourth-order valence-electron chi connectivity index (χ4n) is 3.62. The molecular weight excluding hydrogens is 286 g/mol. The Labute approximate surface area is 129 Å². The van der Waals surface area contributed by atoms with Crippen LogP contribution in [0.3, 0.4) is 0 Å². The summed E-state index contributed by atoms with van der Waals surface area (Å²) in [5.74, 6) is 1.34. The first-order chi connectivity index (χ1) is 9.67. The molecule has 0 radical (unpaired) electrons. The number of nitrogens with zero attached hydrogens (tertiary/aromatic N) is 1. The van der Waals surface area contributed by atoms with Crippen molar-refractivity contribution in [2.24, 2.45) is 17.3 Å². The highest BCUT2D eigenvalue weighted by Gasteiger charge is 2.32. The third-order valence-corrected chi connectivity index (χ3v) is 6.93. The average Bonchev–Trinajstić information content (AvgIpc) is 2.59. The first-order valence-corrected chi connectivity index (χ1v) is 9.98. The van der Waals surface area contributed by atoms with Crippen LogP contribution in [-0.4, -0.2) is 43.8 Å². The van der Waals surface area contributed by atoms with E-state index in [9.17, 15) is 13.2 Å². The van der Waals surface area contributed by atoms with E-state index >= 15 is 0 Å².